The van der Waals surface area contributed by atoms with Crippen molar-refractivity contribution in [2.45, 2.75) is 96.8 Å². The predicted octanol–water partition coefficient (Wildman–Crippen LogP) is 8.74. The number of hydrogen-bond donors (Lipinski definition) is 0. The van der Waals surface area contributed by atoms with E-state index in [1.807, 2.05) is 0 Å². The van der Waals surface area contributed by atoms with Gasteiger partial charge in [0.05, 0.1) is 6.61 Å². The predicted molar refractivity (Wildman–Crippen MR) is 111 cm³/mol. The highest BCUT2D eigenvalue weighted by Gasteiger charge is 2.06. The zero-order valence-corrected chi connectivity index (χ0v) is 18.0. The van der Waals surface area contributed by atoms with Crippen LogP contribution in [0.4, 0.5) is 0 Å². The van der Waals surface area contributed by atoms with E-state index in [-0.39, 0.29) is 0 Å². The lowest BCUT2D eigenvalue weighted by atomic mass is 10.1. The maximum atomic E-state index is 5.67. The summed E-state index contributed by atoms with van der Waals surface area (Å²) in [5, 5.41) is 0. The van der Waals surface area contributed by atoms with Gasteiger partial charge in [-0.2, -0.15) is 0 Å². The summed E-state index contributed by atoms with van der Waals surface area (Å²) >= 11 is 16.1. The Hall–Kier alpha value is 0.930. The molecule has 0 aliphatic carbocycles. The Bertz CT molecular complexity index is 318. The molecule has 0 bridgehead atoms. The van der Waals surface area contributed by atoms with Gasteiger partial charge in [0.1, 0.15) is 0 Å². The van der Waals surface area contributed by atoms with E-state index >= 15 is 0 Å². The summed E-state index contributed by atoms with van der Waals surface area (Å²) in [5.74, 6) is 0. The lowest BCUT2D eigenvalue weighted by Crippen LogP contribution is -1.87. The van der Waals surface area contributed by atoms with Gasteiger partial charge in [0, 0.05) is 0 Å². The molecule has 0 aromatic rings. The van der Waals surface area contributed by atoms with E-state index in [0.717, 1.165) is 6.42 Å². The topological polar surface area (TPSA) is 9.23 Å². The maximum Gasteiger partial charge on any atom is 0.240 e. The Kier molecular flexibility index (Phi) is 18.5. The molecule has 0 unspecified atom stereocenters. The molecule has 0 saturated carbocycles. The van der Waals surface area contributed by atoms with E-state index in [1.54, 1.807) is 0 Å². The summed E-state index contributed by atoms with van der Waals surface area (Å²) in [6.07, 6.45) is 23.0. The van der Waals surface area contributed by atoms with Crippen molar-refractivity contribution >= 4 is 39.3 Å². The van der Waals surface area contributed by atoms with E-state index in [1.165, 1.54) is 83.5 Å². The summed E-state index contributed by atoms with van der Waals surface area (Å²) in [7, 11) is 0. The first-order valence-electron chi connectivity index (χ1n) is 9.35. The van der Waals surface area contributed by atoms with Gasteiger partial charge in [0.25, 0.3) is 0 Å². The highest BCUT2D eigenvalue weighted by atomic mass is 35.9. The van der Waals surface area contributed by atoms with Crippen LogP contribution in [0.3, 0.4) is 0 Å². The van der Waals surface area contributed by atoms with Crippen molar-refractivity contribution in [3.05, 3.63) is 12.2 Å². The van der Waals surface area contributed by atoms with Crippen molar-refractivity contribution in [3.63, 3.8) is 0 Å². The van der Waals surface area contributed by atoms with Gasteiger partial charge >= 0.3 is 0 Å². The van der Waals surface area contributed by atoms with Crippen LogP contribution in [-0.2, 0) is 16.3 Å². The van der Waals surface area contributed by atoms with Gasteiger partial charge in [-0.05, 0) is 66.4 Å². The van der Waals surface area contributed by atoms with Crippen molar-refractivity contribution in [2.24, 2.45) is 0 Å². The Morgan fingerprint density at radius 2 is 1.17 bits per heavy atom. The van der Waals surface area contributed by atoms with E-state index < -0.39 is 4.97 Å². The van der Waals surface area contributed by atoms with Crippen molar-refractivity contribution in [3.8, 4) is 0 Å². The summed E-state index contributed by atoms with van der Waals surface area (Å²) in [4.78, 5) is -2.49. The third kappa shape index (κ3) is 22.9. The monoisotopic (exact) mass is 400 g/mol. The summed E-state index contributed by atoms with van der Waals surface area (Å²) in [6, 6.07) is 0. The van der Waals surface area contributed by atoms with Crippen LogP contribution in [0, 0.1) is 0 Å². The Labute approximate surface area is 159 Å². The van der Waals surface area contributed by atoms with Crippen LogP contribution in [0.2, 0.25) is 0 Å². The second kappa shape index (κ2) is 17.7. The minimum atomic E-state index is -2.49. The van der Waals surface area contributed by atoms with Crippen LogP contribution < -0.4 is 0 Å². The number of unbranched alkanes of at least 4 members (excludes halogenated alkanes) is 12. The standard InChI is InChI=1S/C18H35Cl2OPS/c1-2-3-4-5-6-7-8-9-10-11-12-13-14-15-16-17-18-21-22(19,20)23/h9-10H,2-8,11-18H2,1H3/b10-9-. The van der Waals surface area contributed by atoms with E-state index in [4.69, 9.17) is 38.8 Å². The SMILES string of the molecule is CCCCCCCC/C=C\CCCCCCCCOP(=S)(Cl)Cl. The fourth-order valence-corrected chi connectivity index (χ4v) is 3.50. The largest absolute Gasteiger partial charge is 0.327 e. The third-order valence-electron chi connectivity index (χ3n) is 3.90. The quantitative estimate of drug-likeness (QED) is 0.137. The Balaban J connectivity index is 3.12. The van der Waals surface area contributed by atoms with Gasteiger partial charge in [-0.25, -0.2) is 0 Å². The molecule has 0 amide bonds. The molecule has 0 rings (SSSR count). The van der Waals surface area contributed by atoms with Crippen LogP contribution in [0.25, 0.3) is 0 Å². The second-order valence-electron chi connectivity index (χ2n) is 6.19. The molecule has 0 fully saturated rings. The van der Waals surface area contributed by atoms with Gasteiger partial charge in [-0.3, -0.25) is 0 Å². The van der Waals surface area contributed by atoms with E-state index in [0.29, 0.717) is 6.61 Å². The number of rotatable bonds is 17. The van der Waals surface area contributed by atoms with Gasteiger partial charge in [0.15, 0.2) is 0 Å². The summed E-state index contributed by atoms with van der Waals surface area (Å²) in [5.41, 5.74) is 0. The molecule has 0 aliphatic heterocycles. The zero-order valence-electron chi connectivity index (χ0n) is 14.8. The molecule has 5 heteroatoms. The van der Waals surface area contributed by atoms with Crippen LogP contribution in [0.1, 0.15) is 96.8 Å². The zero-order chi connectivity index (χ0) is 17.2. The molecule has 0 atom stereocenters. The van der Waals surface area contributed by atoms with Crippen LogP contribution in [-0.4, -0.2) is 6.61 Å². The molecule has 23 heavy (non-hydrogen) atoms. The molecular formula is C18H35Cl2OPS. The molecule has 0 radical (unpaired) electrons. The van der Waals surface area contributed by atoms with Crippen molar-refractivity contribution < 1.29 is 4.52 Å². The van der Waals surface area contributed by atoms with Crippen molar-refractivity contribution in [2.75, 3.05) is 6.61 Å². The van der Waals surface area contributed by atoms with Crippen molar-refractivity contribution in [1.82, 2.24) is 0 Å². The van der Waals surface area contributed by atoms with Crippen LogP contribution >= 0.6 is 27.5 Å². The van der Waals surface area contributed by atoms with E-state index in [2.05, 4.69) is 19.1 Å². The first-order valence-corrected chi connectivity index (χ1v) is 13.9. The first-order chi connectivity index (χ1) is 11.1. The Morgan fingerprint density at radius 3 is 1.65 bits per heavy atom. The molecule has 0 heterocycles. The first kappa shape index (κ1) is 23.9. The fourth-order valence-electron chi connectivity index (χ4n) is 2.52. The average Bonchev–Trinajstić information content (AvgIpc) is 2.49. The average molecular weight is 401 g/mol. The molecule has 0 aliphatic rings. The number of hydrogen-bond acceptors (Lipinski definition) is 2. The van der Waals surface area contributed by atoms with Crippen LogP contribution in [0.15, 0.2) is 12.2 Å². The molecule has 0 saturated heterocycles. The van der Waals surface area contributed by atoms with E-state index in [9.17, 15) is 0 Å². The van der Waals surface area contributed by atoms with Gasteiger partial charge in [-0.15, -0.1) is 0 Å². The molecular weight excluding hydrogens is 366 g/mol. The van der Waals surface area contributed by atoms with Gasteiger partial charge in [-0.1, -0.05) is 76.9 Å². The number of allylic oxidation sites excluding steroid dienone is 2. The minimum absolute atomic E-state index is 0.603. The molecule has 0 N–H and O–H groups in total. The van der Waals surface area contributed by atoms with Crippen molar-refractivity contribution in [1.29, 1.82) is 0 Å². The lowest BCUT2D eigenvalue weighted by molar-refractivity contribution is 0.346. The molecule has 0 aromatic carbocycles. The summed E-state index contributed by atoms with van der Waals surface area (Å²) in [6.45, 7) is 2.87. The molecule has 0 aromatic heterocycles. The van der Waals surface area contributed by atoms with Gasteiger partial charge < -0.3 is 4.52 Å². The molecule has 138 valence electrons. The highest BCUT2D eigenvalue weighted by molar-refractivity contribution is 8.36. The minimum Gasteiger partial charge on any atom is -0.327 e. The Morgan fingerprint density at radius 1 is 0.739 bits per heavy atom. The molecule has 1 nitrogen and oxygen atoms in total. The normalized spacial score (nSPS) is 12.3. The summed E-state index contributed by atoms with van der Waals surface area (Å²) < 4.78 is 5.20. The number of halogens is 2. The van der Waals surface area contributed by atoms with Crippen LogP contribution in [0.5, 0.6) is 0 Å². The third-order valence-corrected chi connectivity index (χ3v) is 5.28. The maximum absolute atomic E-state index is 5.67. The highest BCUT2D eigenvalue weighted by Crippen LogP contribution is 2.58. The smallest absolute Gasteiger partial charge is 0.240 e. The lowest BCUT2D eigenvalue weighted by Gasteiger charge is -2.06. The fraction of sp³-hybridized carbons (Fsp3) is 0.889. The van der Waals surface area contributed by atoms with Gasteiger partial charge in [0.2, 0.25) is 4.97 Å². The molecule has 0 spiro atoms. The second-order valence-corrected chi connectivity index (χ2v) is 13.4.